The fraction of sp³-hybridized carbons (Fsp3) is 0.0588. The minimum absolute atomic E-state index is 0.146. The van der Waals surface area contributed by atoms with Gasteiger partial charge in [0, 0.05) is 17.0 Å². The molecule has 1 aromatic heterocycles. The second-order valence-corrected chi connectivity index (χ2v) is 5.27. The van der Waals surface area contributed by atoms with Crippen LogP contribution in [0.3, 0.4) is 0 Å². The monoisotopic (exact) mass is 312 g/mol. The average molecular weight is 313 g/mol. The Morgan fingerprint density at radius 3 is 2.64 bits per heavy atom. The van der Waals surface area contributed by atoms with Crippen LogP contribution in [0, 0.1) is 5.41 Å². The lowest BCUT2D eigenvalue weighted by atomic mass is 10.1. The molecular formula is C17H13ClN2O2. The van der Waals surface area contributed by atoms with Crippen molar-refractivity contribution >= 4 is 28.5 Å². The van der Waals surface area contributed by atoms with Crippen molar-refractivity contribution in [2.24, 2.45) is 0 Å². The number of amides is 1. The van der Waals surface area contributed by atoms with Gasteiger partial charge in [-0.3, -0.25) is 10.2 Å². The summed E-state index contributed by atoms with van der Waals surface area (Å²) in [6.07, 6.45) is 0. The number of carbonyl (C=O) groups is 1. The van der Waals surface area contributed by atoms with E-state index in [2.05, 4.69) is 5.32 Å². The van der Waals surface area contributed by atoms with Gasteiger partial charge in [-0.15, -0.1) is 0 Å². The van der Waals surface area contributed by atoms with Crippen molar-refractivity contribution in [2.45, 2.75) is 6.54 Å². The van der Waals surface area contributed by atoms with Gasteiger partial charge in [0.1, 0.15) is 11.1 Å². The molecule has 5 heteroatoms. The topological polar surface area (TPSA) is 66.1 Å². The third kappa shape index (κ3) is 3.02. The minimum atomic E-state index is -0.338. The van der Waals surface area contributed by atoms with Gasteiger partial charge in [-0.1, -0.05) is 41.9 Å². The Balaban J connectivity index is 1.81. The van der Waals surface area contributed by atoms with Gasteiger partial charge in [0.25, 0.3) is 5.91 Å². The maximum Gasteiger partial charge on any atom is 0.257 e. The summed E-state index contributed by atoms with van der Waals surface area (Å²) in [5, 5.41) is 12.1. The third-order valence-electron chi connectivity index (χ3n) is 3.29. The molecule has 3 aromatic rings. The Bertz CT molecular complexity index is 885. The van der Waals surface area contributed by atoms with Crippen molar-refractivity contribution in [3.05, 3.63) is 76.3 Å². The molecule has 0 atom stereocenters. The number of hydrogen-bond acceptors (Lipinski definition) is 3. The predicted molar refractivity (Wildman–Crippen MR) is 84.7 cm³/mol. The molecule has 1 heterocycles. The van der Waals surface area contributed by atoms with Crippen LogP contribution in [0.4, 0.5) is 0 Å². The van der Waals surface area contributed by atoms with E-state index in [9.17, 15) is 4.79 Å². The molecule has 0 spiro atoms. The number of benzene rings is 2. The van der Waals surface area contributed by atoms with E-state index in [1.165, 1.54) is 0 Å². The highest BCUT2D eigenvalue weighted by Crippen LogP contribution is 2.13. The number of hydrogen-bond donors (Lipinski definition) is 2. The number of fused-ring (bicyclic) bond motifs is 1. The standard InChI is InChI=1S/C17H13ClN2O2/c18-13-7-5-11(6-8-13)10-20-17(21)14-9-12-3-1-2-4-15(12)22-16(14)19/h1-9,19H,10H2,(H,20,21). The summed E-state index contributed by atoms with van der Waals surface area (Å²) < 4.78 is 5.37. The molecule has 2 aromatic carbocycles. The highest BCUT2D eigenvalue weighted by atomic mass is 35.5. The molecule has 0 bridgehead atoms. The zero-order valence-corrected chi connectivity index (χ0v) is 12.4. The molecule has 3 rings (SSSR count). The van der Waals surface area contributed by atoms with E-state index in [-0.39, 0.29) is 17.0 Å². The van der Waals surface area contributed by atoms with Crippen LogP contribution >= 0.6 is 11.6 Å². The molecule has 22 heavy (non-hydrogen) atoms. The molecule has 1 amide bonds. The van der Waals surface area contributed by atoms with Gasteiger partial charge in [-0.05, 0) is 29.8 Å². The normalized spacial score (nSPS) is 10.6. The first-order valence-electron chi connectivity index (χ1n) is 6.73. The van der Waals surface area contributed by atoms with Crippen molar-refractivity contribution in [3.63, 3.8) is 0 Å². The van der Waals surface area contributed by atoms with Crippen LogP contribution in [-0.4, -0.2) is 5.91 Å². The Hall–Kier alpha value is -2.59. The Morgan fingerprint density at radius 1 is 1.14 bits per heavy atom. The molecule has 0 saturated carbocycles. The molecule has 0 fully saturated rings. The van der Waals surface area contributed by atoms with E-state index in [1.54, 1.807) is 24.3 Å². The van der Waals surface area contributed by atoms with E-state index in [0.717, 1.165) is 10.9 Å². The fourth-order valence-electron chi connectivity index (χ4n) is 2.13. The van der Waals surface area contributed by atoms with Crippen molar-refractivity contribution in [3.8, 4) is 0 Å². The number of nitrogens with one attached hydrogen (secondary N) is 2. The highest BCUT2D eigenvalue weighted by molar-refractivity contribution is 6.30. The zero-order valence-electron chi connectivity index (χ0n) is 11.6. The second-order valence-electron chi connectivity index (χ2n) is 4.84. The Kier molecular flexibility index (Phi) is 3.94. The van der Waals surface area contributed by atoms with E-state index in [0.29, 0.717) is 17.2 Å². The molecule has 110 valence electrons. The van der Waals surface area contributed by atoms with Gasteiger partial charge < -0.3 is 9.73 Å². The van der Waals surface area contributed by atoms with E-state index < -0.39 is 0 Å². The summed E-state index contributed by atoms with van der Waals surface area (Å²) in [6, 6.07) is 16.2. The Labute approximate surface area is 131 Å². The first kappa shape index (κ1) is 14.4. The largest absolute Gasteiger partial charge is 0.438 e. The fourth-order valence-corrected chi connectivity index (χ4v) is 2.25. The SMILES string of the molecule is N=c1oc2ccccc2cc1C(=O)NCc1ccc(Cl)cc1. The van der Waals surface area contributed by atoms with Crippen LogP contribution in [-0.2, 0) is 6.54 Å². The zero-order chi connectivity index (χ0) is 15.5. The van der Waals surface area contributed by atoms with E-state index >= 15 is 0 Å². The van der Waals surface area contributed by atoms with Gasteiger partial charge in [0.2, 0.25) is 5.55 Å². The molecule has 0 saturated heterocycles. The number of carbonyl (C=O) groups excluding carboxylic acids is 1. The molecule has 0 aliphatic rings. The van der Waals surface area contributed by atoms with Gasteiger partial charge in [-0.25, -0.2) is 0 Å². The molecular weight excluding hydrogens is 300 g/mol. The summed E-state index contributed by atoms with van der Waals surface area (Å²) in [4.78, 5) is 12.2. The van der Waals surface area contributed by atoms with Crippen LogP contribution in [0.15, 0.2) is 59.0 Å². The van der Waals surface area contributed by atoms with Crippen LogP contribution in [0.1, 0.15) is 15.9 Å². The van der Waals surface area contributed by atoms with Crippen LogP contribution in [0.2, 0.25) is 5.02 Å². The van der Waals surface area contributed by atoms with Crippen molar-refractivity contribution < 1.29 is 9.21 Å². The number of para-hydroxylation sites is 1. The molecule has 0 aliphatic carbocycles. The molecule has 4 nitrogen and oxygen atoms in total. The smallest absolute Gasteiger partial charge is 0.257 e. The van der Waals surface area contributed by atoms with Crippen molar-refractivity contribution in [1.29, 1.82) is 5.41 Å². The van der Waals surface area contributed by atoms with Gasteiger partial charge in [0.15, 0.2) is 0 Å². The van der Waals surface area contributed by atoms with Gasteiger partial charge in [-0.2, -0.15) is 0 Å². The molecule has 2 N–H and O–H groups in total. The number of rotatable bonds is 3. The number of halogens is 1. The van der Waals surface area contributed by atoms with E-state index in [4.69, 9.17) is 21.4 Å². The van der Waals surface area contributed by atoms with Crippen LogP contribution in [0.5, 0.6) is 0 Å². The molecule has 0 unspecified atom stereocenters. The highest BCUT2D eigenvalue weighted by Gasteiger charge is 2.11. The lowest BCUT2D eigenvalue weighted by Gasteiger charge is -2.06. The first-order chi connectivity index (χ1) is 10.6. The van der Waals surface area contributed by atoms with E-state index in [1.807, 2.05) is 30.3 Å². The first-order valence-corrected chi connectivity index (χ1v) is 7.11. The summed E-state index contributed by atoms with van der Waals surface area (Å²) in [7, 11) is 0. The maximum atomic E-state index is 12.2. The Morgan fingerprint density at radius 2 is 1.86 bits per heavy atom. The van der Waals surface area contributed by atoms with Gasteiger partial charge in [0.05, 0.1) is 0 Å². The summed E-state index contributed by atoms with van der Waals surface area (Å²) >= 11 is 5.82. The lowest BCUT2D eigenvalue weighted by molar-refractivity contribution is 0.0946. The van der Waals surface area contributed by atoms with Crippen molar-refractivity contribution in [1.82, 2.24) is 5.32 Å². The van der Waals surface area contributed by atoms with Crippen molar-refractivity contribution in [2.75, 3.05) is 0 Å². The maximum absolute atomic E-state index is 12.2. The van der Waals surface area contributed by atoms with Crippen LogP contribution in [0.25, 0.3) is 11.0 Å². The molecule has 0 radical (unpaired) electrons. The second kappa shape index (κ2) is 6.03. The summed E-state index contributed by atoms with van der Waals surface area (Å²) in [5.41, 5.74) is 1.59. The third-order valence-corrected chi connectivity index (χ3v) is 3.54. The minimum Gasteiger partial charge on any atom is -0.438 e. The van der Waals surface area contributed by atoms with Gasteiger partial charge >= 0.3 is 0 Å². The summed E-state index contributed by atoms with van der Waals surface area (Å²) in [5.74, 6) is -0.338. The lowest BCUT2D eigenvalue weighted by Crippen LogP contribution is -2.27. The quantitative estimate of drug-likeness (QED) is 0.777. The summed E-state index contributed by atoms with van der Waals surface area (Å²) in [6.45, 7) is 0.363. The average Bonchev–Trinajstić information content (AvgIpc) is 2.53. The van der Waals surface area contributed by atoms with Crippen LogP contribution < -0.4 is 10.9 Å². The molecule has 0 aliphatic heterocycles. The predicted octanol–water partition coefficient (Wildman–Crippen LogP) is 3.50.